The number of rotatable bonds is 7. The van der Waals surface area contributed by atoms with E-state index in [-0.39, 0.29) is 18.4 Å². The smallest absolute Gasteiger partial charge is 0.243 e. The van der Waals surface area contributed by atoms with Gasteiger partial charge in [-0.3, -0.25) is 9.59 Å². The number of nitrogens with one attached hydrogen (secondary N) is 1. The summed E-state index contributed by atoms with van der Waals surface area (Å²) < 4.78 is 1.58. The van der Waals surface area contributed by atoms with E-state index in [2.05, 4.69) is 20.8 Å². The number of aromatic nitrogens is 4. The summed E-state index contributed by atoms with van der Waals surface area (Å²) in [5.41, 5.74) is 2.62. The van der Waals surface area contributed by atoms with Gasteiger partial charge in [0.25, 0.3) is 0 Å². The Morgan fingerprint density at radius 3 is 2.52 bits per heavy atom. The Balaban J connectivity index is 1.58. The molecule has 0 aliphatic carbocycles. The van der Waals surface area contributed by atoms with E-state index in [1.807, 2.05) is 61.5 Å². The van der Waals surface area contributed by atoms with Crippen LogP contribution in [0.4, 0.5) is 5.69 Å². The Morgan fingerprint density at radius 2 is 1.83 bits per heavy atom. The molecule has 0 fully saturated rings. The SMILES string of the molecule is Cc1ccc(NC(=O)CN(C)C(=O)[C@H](C)Sc2nnnn2-c2ccccc2)cc1. The van der Waals surface area contributed by atoms with Crippen molar-refractivity contribution >= 4 is 29.3 Å². The maximum absolute atomic E-state index is 12.7. The van der Waals surface area contributed by atoms with Crippen molar-refractivity contribution in [3.8, 4) is 5.69 Å². The third kappa shape index (κ3) is 5.41. The molecular formula is C20H22N6O2S. The van der Waals surface area contributed by atoms with Crippen molar-refractivity contribution in [1.82, 2.24) is 25.1 Å². The topological polar surface area (TPSA) is 93.0 Å². The predicted molar refractivity (Wildman–Crippen MR) is 112 cm³/mol. The number of hydrogen-bond donors (Lipinski definition) is 1. The van der Waals surface area contributed by atoms with Crippen molar-refractivity contribution in [2.45, 2.75) is 24.3 Å². The number of nitrogens with zero attached hydrogens (tertiary/aromatic N) is 5. The molecule has 29 heavy (non-hydrogen) atoms. The van der Waals surface area contributed by atoms with E-state index in [9.17, 15) is 9.59 Å². The molecule has 1 aromatic heterocycles. The van der Waals surface area contributed by atoms with Crippen molar-refractivity contribution in [3.05, 3.63) is 60.2 Å². The summed E-state index contributed by atoms with van der Waals surface area (Å²) in [4.78, 5) is 26.3. The number of benzene rings is 2. The van der Waals surface area contributed by atoms with Crippen molar-refractivity contribution < 1.29 is 9.59 Å². The number of aryl methyl sites for hydroxylation is 1. The van der Waals surface area contributed by atoms with Gasteiger partial charge in [0.2, 0.25) is 17.0 Å². The first kappa shape index (κ1) is 20.5. The van der Waals surface area contributed by atoms with E-state index in [0.29, 0.717) is 10.8 Å². The second kappa shape index (κ2) is 9.33. The van der Waals surface area contributed by atoms with E-state index in [0.717, 1.165) is 11.3 Å². The Labute approximate surface area is 173 Å². The molecule has 150 valence electrons. The standard InChI is InChI=1S/C20H22N6O2S/c1-14-9-11-16(12-10-14)21-18(27)13-25(3)19(28)15(2)29-20-22-23-24-26(20)17-7-5-4-6-8-17/h4-12,15H,13H2,1-3H3,(H,21,27)/t15-/m0/s1. The normalized spacial score (nSPS) is 11.7. The fourth-order valence-corrected chi connectivity index (χ4v) is 3.56. The molecule has 3 aromatic rings. The number of carbonyl (C=O) groups is 2. The lowest BCUT2D eigenvalue weighted by Crippen LogP contribution is -2.39. The molecule has 9 heteroatoms. The number of likely N-dealkylation sites (N-methyl/N-ethyl adjacent to an activating group) is 1. The van der Waals surface area contributed by atoms with Crippen LogP contribution in [0.1, 0.15) is 12.5 Å². The zero-order valence-electron chi connectivity index (χ0n) is 16.4. The van der Waals surface area contributed by atoms with Gasteiger partial charge < -0.3 is 10.2 Å². The molecule has 0 radical (unpaired) electrons. The van der Waals surface area contributed by atoms with E-state index in [1.54, 1.807) is 18.7 Å². The highest BCUT2D eigenvalue weighted by atomic mass is 32.2. The number of anilines is 1. The molecule has 2 aromatic carbocycles. The van der Waals surface area contributed by atoms with Gasteiger partial charge in [-0.15, -0.1) is 5.10 Å². The molecule has 0 aliphatic rings. The molecule has 0 bridgehead atoms. The van der Waals surface area contributed by atoms with Crippen LogP contribution in [0.3, 0.4) is 0 Å². The number of carbonyl (C=O) groups excluding carboxylic acids is 2. The van der Waals surface area contributed by atoms with Crippen LogP contribution in [-0.2, 0) is 9.59 Å². The summed E-state index contributed by atoms with van der Waals surface area (Å²) in [6.45, 7) is 3.71. The second-order valence-corrected chi connectivity index (χ2v) is 7.89. The first-order valence-corrected chi connectivity index (χ1v) is 9.94. The Morgan fingerprint density at radius 1 is 1.14 bits per heavy atom. The zero-order valence-corrected chi connectivity index (χ0v) is 17.3. The fourth-order valence-electron chi connectivity index (χ4n) is 2.63. The van der Waals surface area contributed by atoms with Crippen molar-refractivity contribution in [1.29, 1.82) is 0 Å². The molecule has 0 spiro atoms. The monoisotopic (exact) mass is 410 g/mol. The van der Waals surface area contributed by atoms with Gasteiger partial charge in [-0.1, -0.05) is 47.7 Å². The Hall–Kier alpha value is -3.20. The van der Waals surface area contributed by atoms with Crippen molar-refractivity contribution in [2.24, 2.45) is 0 Å². The maximum atomic E-state index is 12.7. The van der Waals surface area contributed by atoms with Gasteiger partial charge in [-0.2, -0.15) is 4.68 Å². The second-order valence-electron chi connectivity index (χ2n) is 6.58. The lowest BCUT2D eigenvalue weighted by molar-refractivity contribution is -0.132. The van der Waals surface area contributed by atoms with Crippen LogP contribution in [0.2, 0.25) is 0 Å². The molecule has 0 saturated heterocycles. The summed E-state index contributed by atoms with van der Waals surface area (Å²) in [5, 5.41) is 14.6. The third-order valence-electron chi connectivity index (χ3n) is 4.16. The molecule has 2 amide bonds. The van der Waals surface area contributed by atoms with Crippen molar-refractivity contribution in [3.63, 3.8) is 0 Å². The molecule has 0 saturated carbocycles. The van der Waals surface area contributed by atoms with Crippen LogP contribution in [0.5, 0.6) is 0 Å². The molecule has 1 heterocycles. The van der Waals surface area contributed by atoms with Gasteiger partial charge >= 0.3 is 0 Å². The molecular weight excluding hydrogens is 388 g/mol. The zero-order chi connectivity index (χ0) is 20.8. The number of amides is 2. The molecule has 0 unspecified atom stereocenters. The lowest BCUT2D eigenvalue weighted by Gasteiger charge is -2.20. The molecule has 1 N–H and O–H groups in total. The quantitative estimate of drug-likeness (QED) is 0.602. The van der Waals surface area contributed by atoms with Gasteiger partial charge in [-0.25, -0.2) is 0 Å². The minimum Gasteiger partial charge on any atom is -0.335 e. The number of hydrogen-bond acceptors (Lipinski definition) is 6. The first-order valence-electron chi connectivity index (χ1n) is 9.06. The number of tetrazole rings is 1. The highest BCUT2D eigenvalue weighted by molar-refractivity contribution is 8.00. The predicted octanol–water partition coefficient (Wildman–Crippen LogP) is 2.55. The number of para-hydroxylation sites is 1. The van der Waals surface area contributed by atoms with Crippen LogP contribution in [-0.4, -0.2) is 55.8 Å². The van der Waals surface area contributed by atoms with E-state index < -0.39 is 5.25 Å². The third-order valence-corrected chi connectivity index (χ3v) is 5.18. The largest absolute Gasteiger partial charge is 0.335 e. The summed E-state index contributed by atoms with van der Waals surface area (Å²) in [5.74, 6) is -0.437. The van der Waals surface area contributed by atoms with E-state index in [4.69, 9.17) is 0 Å². The summed E-state index contributed by atoms with van der Waals surface area (Å²) in [6, 6.07) is 16.9. The van der Waals surface area contributed by atoms with E-state index in [1.165, 1.54) is 16.7 Å². The van der Waals surface area contributed by atoms with Gasteiger partial charge in [0.15, 0.2) is 0 Å². The number of thioether (sulfide) groups is 1. The maximum Gasteiger partial charge on any atom is 0.243 e. The molecule has 1 atom stereocenters. The van der Waals surface area contributed by atoms with Crippen LogP contribution in [0, 0.1) is 6.92 Å². The van der Waals surface area contributed by atoms with Gasteiger partial charge in [0.05, 0.1) is 17.5 Å². The van der Waals surface area contributed by atoms with Crippen LogP contribution < -0.4 is 5.32 Å². The average molecular weight is 411 g/mol. The van der Waals surface area contributed by atoms with Crippen LogP contribution in [0.25, 0.3) is 5.69 Å². The Kier molecular flexibility index (Phi) is 6.61. The van der Waals surface area contributed by atoms with Gasteiger partial charge in [0, 0.05) is 12.7 Å². The Bertz CT molecular complexity index is 974. The average Bonchev–Trinajstić information content (AvgIpc) is 3.17. The highest BCUT2D eigenvalue weighted by Crippen LogP contribution is 2.23. The fraction of sp³-hybridized carbons (Fsp3) is 0.250. The lowest BCUT2D eigenvalue weighted by atomic mass is 10.2. The summed E-state index contributed by atoms with van der Waals surface area (Å²) in [6.07, 6.45) is 0. The van der Waals surface area contributed by atoms with Gasteiger partial charge in [-0.05, 0) is 48.5 Å². The molecule has 8 nitrogen and oxygen atoms in total. The first-order chi connectivity index (χ1) is 13.9. The minimum atomic E-state index is -0.458. The molecule has 0 aliphatic heterocycles. The summed E-state index contributed by atoms with van der Waals surface area (Å²) >= 11 is 1.24. The van der Waals surface area contributed by atoms with Crippen LogP contribution >= 0.6 is 11.8 Å². The minimum absolute atomic E-state index is 0.0404. The van der Waals surface area contributed by atoms with Crippen LogP contribution in [0.15, 0.2) is 59.8 Å². The van der Waals surface area contributed by atoms with Gasteiger partial charge in [0.1, 0.15) is 0 Å². The van der Waals surface area contributed by atoms with E-state index >= 15 is 0 Å². The van der Waals surface area contributed by atoms with Crippen molar-refractivity contribution in [2.75, 3.05) is 18.9 Å². The summed E-state index contributed by atoms with van der Waals surface area (Å²) in [7, 11) is 1.61. The highest BCUT2D eigenvalue weighted by Gasteiger charge is 2.23. The molecule has 3 rings (SSSR count).